The van der Waals surface area contributed by atoms with E-state index in [4.69, 9.17) is 4.42 Å². The Kier molecular flexibility index (Phi) is 1.90. The predicted octanol–water partition coefficient (Wildman–Crippen LogP) is 3.74. The summed E-state index contributed by atoms with van der Waals surface area (Å²) in [6, 6.07) is 13.7. The first-order valence-corrected chi connectivity index (χ1v) is 6.18. The van der Waals surface area contributed by atoms with Crippen LogP contribution >= 0.6 is 0 Å². The number of aromatic amines is 1. The van der Waals surface area contributed by atoms with Gasteiger partial charge in [0.15, 0.2) is 5.58 Å². The normalized spacial score (nSPS) is 11.6. The molecule has 3 nitrogen and oxygen atoms in total. The molecule has 0 atom stereocenters. The minimum atomic E-state index is -0.0966. The lowest BCUT2D eigenvalue weighted by Crippen LogP contribution is -2.03. The molecular formula is C16H11NO2. The molecule has 0 radical (unpaired) electrons. The molecule has 19 heavy (non-hydrogen) atoms. The van der Waals surface area contributed by atoms with Gasteiger partial charge in [0, 0.05) is 6.07 Å². The van der Waals surface area contributed by atoms with Crippen LogP contribution in [0.15, 0.2) is 51.7 Å². The van der Waals surface area contributed by atoms with Crippen molar-refractivity contribution in [3.63, 3.8) is 0 Å². The van der Waals surface area contributed by atoms with Crippen molar-refractivity contribution in [3.05, 3.63) is 58.4 Å². The lowest BCUT2D eigenvalue weighted by Gasteiger charge is -1.98. The van der Waals surface area contributed by atoms with Crippen molar-refractivity contribution in [2.24, 2.45) is 0 Å². The van der Waals surface area contributed by atoms with Gasteiger partial charge >= 0.3 is 0 Å². The molecule has 0 aliphatic heterocycles. The van der Waals surface area contributed by atoms with Crippen molar-refractivity contribution >= 4 is 32.8 Å². The van der Waals surface area contributed by atoms with Gasteiger partial charge in [-0.2, -0.15) is 0 Å². The molecule has 4 aromatic rings. The molecule has 0 unspecified atom stereocenters. The first kappa shape index (κ1) is 10.4. The fourth-order valence-electron chi connectivity index (χ4n) is 2.69. The molecule has 0 aliphatic rings. The van der Waals surface area contributed by atoms with Crippen LogP contribution in [-0.2, 0) is 0 Å². The van der Waals surface area contributed by atoms with E-state index in [1.165, 1.54) is 0 Å². The maximum Gasteiger partial charge on any atom is 0.248 e. The SMILES string of the molecule is Cc1cc(=O)[nH]c2c1oc1ccc3ccccc3c12. The van der Waals surface area contributed by atoms with Gasteiger partial charge in [-0.15, -0.1) is 0 Å². The third-order valence-electron chi connectivity index (χ3n) is 3.53. The lowest BCUT2D eigenvalue weighted by atomic mass is 10.1. The molecule has 0 fully saturated rings. The summed E-state index contributed by atoms with van der Waals surface area (Å²) in [6.07, 6.45) is 0. The van der Waals surface area contributed by atoms with Gasteiger partial charge in [-0.05, 0) is 29.3 Å². The zero-order chi connectivity index (χ0) is 13.0. The van der Waals surface area contributed by atoms with Crippen LogP contribution in [0, 0.1) is 6.92 Å². The minimum Gasteiger partial charge on any atom is -0.454 e. The number of fused-ring (bicyclic) bond motifs is 5. The monoisotopic (exact) mass is 249 g/mol. The van der Waals surface area contributed by atoms with E-state index in [0.29, 0.717) is 0 Å². The van der Waals surface area contributed by atoms with Crippen molar-refractivity contribution in [2.75, 3.05) is 0 Å². The van der Waals surface area contributed by atoms with E-state index in [9.17, 15) is 4.79 Å². The number of hydrogen-bond donors (Lipinski definition) is 1. The van der Waals surface area contributed by atoms with E-state index in [0.717, 1.165) is 38.4 Å². The Morgan fingerprint density at radius 3 is 2.84 bits per heavy atom. The Morgan fingerprint density at radius 2 is 1.95 bits per heavy atom. The van der Waals surface area contributed by atoms with Crippen LogP contribution in [0.3, 0.4) is 0 Å². The van der Waals surface area contributed by atoms with Gasteiger partial charge in [-0.25, -0.2) is 0 Å². The van der Waals surface area contributed by atoms with Crippen molar-refractivity contribution in [1.82, 2.24) is 4.98 Å². The van der Waals surface area contributed by atoms with Gasteiger partial charge < -0.3 is 9.40 Å². The molecule has 3 heteroatoms. The molecule has 0 amide bonds. The van der Waals surface area contributed by atoms with Crippen LogP contribution in [0.2, 0.25) is 0 Å². The highest BCUT2D eigenvalue weighted by Crippen LogP contribution is 2.33. The fraction of sp³-hybridized carbons (Fsp3) is 0.0625. The zero-order valence-corrected chi connectivity index (χ0v) is 10.4. The van der Waals surface area contributed by atoms with Crippen molar-refractivity contribution < 1.29 is 4.42 Å². The summed E-state index contributed by atoms with van der Waals surface area (Å²) in [5.41, 5.74) is 3.11. The highest BCUT2D eigenvalue weighted by atomic mass is 16.3. The lowest BCUT2D eigenvalue weighted by molar-refractivity contribution is 0.665. The molecule has 0 spiro atoms. The second-order valence-corrected chi connectivity index (χ2v) is 4.78. The number of H-pyrrole nitrogens is 1. The minimum absolute atomic E-state index is 0.0966. The third kappa shape index (κ3) is 1.35. The number of aromatic nitrogens is 1. The maximum absolute atomic E-state index is 11.7. The zero-order valence-electron chi connectivity index (χ0n) is 10.4. The van der Waals surface area contributed by atoms with Crippen LogP contribution in [0.1, 0.15) is 5.56 Å². The molecule has 92 valence electrons. The van der Waals surface area contributed by atoms with Crippen LogP contribution in [0.25, 0.3) is 32.8 Å². The third-order valence-corrected chi connectivity index (χ3v) is 3.53. The Hall–Kier alpha value is -2.55. The van der Waals surface area contributed by atoms with Gasteiger partial charge in [-0.3, -0.25) is 4.79 Å². The van der Waals surface area contributed by atoms with Gasteiger partial charge in [0.05, 0.1) is 10.9 Å². The Labute approximate surface area is 108 Å². The highest BCUT2D eigenvalue weighted by molar-refractivity contribution is 6.17. The number of aryl methyl sites for hydroxylation is 1. The standard InChI is InChI=1S/C16H11NO2/c1-9-8-13(18)17-15-14-11-5-3-2-4-10(11)6-7-12(14)19-16(9)15/h2-8H,1H3,(H,17,18). The second-order valence-electron chi connectivity index (χ2n) is 4.78. The van der Waals surface area contributed by atoms with E-state index in [1.807, 2.05) is 37.3 Å². The maximum atomic E-state index is 11.7. The molecule has 0 bridgehead atoms. The molecule has 4 rings (SSSR count). The summed E-state index contributed by atoms with van der Waals surface area (Å²) in [6.45, 7) is 1.89. The van der Waals surface area contributed by atoms with Gasteiger partial charge in [0.2, 0.25) is 5.56 Å². The average molecular weight is 249 g/mol. The fourth-order valence-corrected chi connectivity index (χ4v) is 2.69. The summed E-state index contributed by atoms with van der Waals surface area (Å²) < 4.78 is 5.88. The summed E-state index contributed by atoms with van der Waals surface area (Å²) >= 11 is 0. The number of pyridine rings is 1. The Morgan fingerprint density at radius 1 is 1.11 bits per heavy atom. The van der Waals surface area contributed by atoms with Crippen LogP contribution in [-0.4, -0.2) is 4.98 Å². The smallest absolute Gasteiger partial charge is 0.248 e. The molecule has 2 aromatic heterocycles. The van der Waals surface area contributed by atoms with E-state index in [2.05, 4.69) is 11.1 Å². The summed E-state index contributed by atoms with van der Waals surface area (Å²) in [7, 11) is 0. The van der Waals surface area contributed by atoms with E-state index < -0.39 is 0 Å². The van der Waals surface area contributed by atoms with Crippen molar-refractivity contribution in [3.8, 4) is 0 Å². The first-order chi connectivity index (χ1) is 9.24. The quantitative estimate of drug-likeness (QED) is 0.516. The molecule has 2 aromatic carbocycles. The molecular weight excluding hydrogens is 238 g/mol. The summed E-state index contributed by atoms with van der Waals surface area (Å²) in [5, 5.41) is 3.22. The van der Waals surface area contributed by atoms with Gasteiger partial charge in [0.1, 0.15) is 5.58 Å². The van der Waals surface area contributed by atoms with Crippen LogP contribution in [0.4, 0.5) is 0 Å². The summed E-state index contributed by atoms with van der Waals surface area (Å²) in [4.78, 5) is 14.6. The topological polar surface area (TPSA) is 46.0 Å². The molecule has 0 saturated heterocycles. The number of hydrogen-bond acceptors (Lipinski definition) is 2. The van der Waals surface area contributed by atoms with Crippen molar-refractivity contribution in [1.29, 1.82) is 0 Å². The Bertz CT molecular complexity index is 992. The van der Waals surface area contributed by atoms with Crippen LogP contribution < -0.4 is 5.56 Å². The largest absolute Gasteiger partial charge is 0.454 e. The summed E-state index contributed by atoms with van der Waals surface area (Å²) in [5.74, 6) is 0. The average Bonchev–Trinajstić information content (AvgIpc) is 2.78. The van der Waals surface area contributed by atoms with Crippen LogP contribution in [0.5, 0.6) is 0 Å². The molecule has 2 heterocycles. The number of benzene rings is 2. The predicted molar refractivity (Wildman–Crippen MR) is 76.6 cm³/mol. The number of nitrogens with one attached hydrogen (secondary N) is 1. The molecule has 1 N–H and O–H groups in total. The van der Waals surface area contributed by atoms with Gasteiger partial charge in [0.25, 0.3) is 0 Å². The highest BCUT2D eigenvalue weighted by Gasteiger charge is 2.12. The molecule has 0 saturated carbocycles. The van der Waals surface area contributed by atoms with E-state index in [1.54, 1.807) is 6.07 Å². The van der Waals surface area contributed by atoms with Crippen molar-refractivity contribution in [2.45, 2.75) is 6.92 Å². The number of rotatable bonds is 0. The molecule has 0 aliphatic carbocycles. The Balaban J connectivity index is 2.39. The second kappa shape index (κ2) is 3.48. The first-order valence-electron chi connectivity index (χ1n) is 6.18. The van der Waals surface area contributed by atoms with E-state index >= 15 is 0 Å². The number of furan rings is 1. The van der Waals surface area contributed by atoms with E-state index in [-0.39, 0.29) is 5.56 Å². The van der Waals surface area contributed by atoms with Gasteiger partial charge in [-0.1, -0.05) is 30.3 Å².